The SMILES string of the molecule is O=C(Nc1c(Cl)cccc1Cl)Nc1ncnc2ccsc12.O=C=Nc1c(Cl)cccc1Cl. The summed E-state index contributed by atoms with van der Waals surface area (Å²) in [5.41, 5.74) is 1.40. The molecule has 0 aliphatic carbocycles. The number of urea groups is 1. The zero-order chi connectivity index (χ0) is 23.1. The van der Waals surface area contributed by atoms with Gasteiger partial charge < -0.3 is 5.32 Å². The van der Waals surface area contributed by atoms with Crippen molar-refractivity contribution >= 4 is 97.3 Å². The van der Waals surface area contributed by atoms with Gasteiger partial charge in [0.05, 0.1) is 36.0 Å². The van der Waals surface area contributed by atoms with Crippen LogP contribution in [0.2, 0.25) is 20.1 Å². The summed E-state index contributed by atoms with van der Waals surface area (Å²) in [6.45, 7) is 0. The third kappa shape index (κ3) is 5.95. The largest absolute Gasteiger partial charge is 0.324 e. The molecule has 2 N–H and O–H groups in total. The molecule has 0 unspecified atom stereocenters. The Morgan fingerprint density at radius 1 is 0.906 bits per heavy atom. The lowest BCUT2D eigenvalue weighted by molar-refractivity contribution is 0.262. The first-order chi connectivity index (χ1) is 15.4. The number of aromatic nitrogens is 2. The van der Waals surface area contributed by atoms with Crippen LogP contribution in [0, 0.1) is 0 Å². The number of isocyanates is 1. The molecule has 0 aliphatic heterocycles. The van der Waals surface area contributed by atoms with E-state index in [0.717, 1.165) is 10.2 Å². The summed E-state index contributed by atoms with van der Waals surface area (Å²) in [4.78, 5) is 33.4. The summed E-state index contributed by atoms with van der Waals surface area (Å²) in [7, 11) is 0. The molecule has 2 heterocycles. The lowest BCUT2D eigenvalue weighted by Gasteiger charge is -2.10. The molecule has 2 amide bonds. The van der Waals surface area contributed by atoms with Crippen LogP contribution in [0.5, 0.6) is 0 Å². The number of anilines is 2. The van der Waals surface area contributed by atoms with E-state index in [1.165, 1.54) is 23.7 Å². The Morgan fingerprint density at radius 2 is 1.53 bits per heavy atom. The van der Waals surface area contributed by atoms with E-state index in [0.29, 0.717) is 31.6 Å². The van der Waals surface area contributed by atoms with E-state index in [2.05, 4.69) is 25.6 Å². The molecular formula is C20H11Cl4N5O2S. The minimum absolute atomic E-state index is 0.269. The van der Waals surface area contributed by atoms with E-state index in [-0.39, 0.29) is 5.69 Å². The molecule has 4 aromatic rings. The summed E-state index contributed by atoms with van der Waals surface area (Å²) >= 11 is 24.8. The smallest absolute Gasteiger partial charge is 0.305 e. The van der Waals surface area contributed by atoms with Crippen LogP contribution < -0.4 is 10.6 Å². The first kappa shape index (κ1) is 23.9. The van der Waals surface area contributed by atoms with Gasteiger partial charge in [0.2, 0.25) is 6.08 Å². The van der Waals surface area contributed by atoms with E-state index in [1.54, 1.807) is 36.4 Å². The molecule has 0 aliphatic rings. The minimum Gasteiger partial charge on any atom is -0.305 e. The molecule has 0 saturated carbocycles. The van der Waals surface area contributed by atoms with Crippen LogP contribution >= 0.6 is 57.7 Å². The average molecular weight is 527 g/mol. The summed E-state index contributed by atoms with van der Waals surface area (Å²) in [5, 5.41) is 8.58. The summed E-state index contributed by atoms with van der Waals surface area (Å²) in [6.07, 6.45) is 2.77. The Bertz CT molecular complexity index is 1280. The number of para-hydroxylation sites is 2. The second-order valence-electron chi connectivity index (χ2n) is 5.81. The standard InChI is InChI=1S/C13H8Cl2N4OS.C7H3Cl2NO/c14-7-2-1-3-8(15)10(7)18-13(20)19-12-11-9(4-5-21-11)16-6-17-12;8-5-2-1-3-6(9)7(5)10-4-11/h1-6H,(H2,16,17,18,19,20);1-3H. The van der Waals surface area contributed by atoms with Gasteiger partial charge in [0.15, 0.2) is 5.82 Å². The highest BCUT2D eigenvalue weighted by Crippen LogP contribution is 2.32. The van der Waals surface area contributed by atoms with Gasteiger partial charge in [-0.25, -0.2) is 19.6 Å². The van der Waals surface area contributed by atoms with Gasteiger partial charge in [-0.1, -0.05) is 58.5 Å². The Kier molecular flexibility index (Phi) is 8.41. The van der Waals surface area contributed by atoms with Crippen LogP contribution in [0.15, 0.2) is 59.2 Å². The first-order valence-electron chi connectivity index (χ1n) is 8.62. The highest BCUT2D eigenvalue weighted by Gasteiger charge is 2.12. The molecule has 12 heteroatoms. The number of halogens is 4. The number of carbonyl (C=O) groups excluding carboxylic acids is 2. The van der Waals surface area contributed by atoms with Crippen LogP contribution in [0.4, 0.5) is 22.0 Å². The second-order valence-corrected chi connectivity index (χ2v) is 8.35. The van der Waals surface area contributed by atoms with E-state index in [9.17, 15) is 9.59 Å². The number of rotatable bonds is 3. The summed E-state index contributed by atoms with van der Waals surface area (Å²) in [6, 6.07) is 11.2. The fourth-order valence-corrected chi connectivity index (χ4v) is 4.15. The quantitative estimate of drug-likeness (QED) is 0.212. The third-order valence-corrected chi connectivity index (χ3v) is 5.92. The number of hydrogen-bond acceptors (Lipinski definition) is 6. The molecule has 162 valence electrons. The third-order valence-electron chi connectivity index (χ3n) is 3.77. The molecule has 0 bridgehead atoms. The predicted octanol–water partition coefficient (Wildman–Crippen LogP) is 7.60. The summed E-state index contributed by atoms with van der Waals surface area (Å²) < 4.78 is 0.804. The van der Waals surface area contributed by atoms with E-state index in [1.807, 2.05) is 11.4 Å². The van der Waals surface area contributed by atoms with Crippen LogP contribution in [0.3, 0.4) is 0 Å². The normalized spacial score (nSPS) is 10.0. The maximum atomic E-state index is 12.1. The van der Waals surface area contributed by atoms with Gasteiger partial charge in [-0.3, -0.25) is 5.32 Å². The van der Waals surface area contributed by atoms with Gasteiger partial charge in [0.25, 0.3) is 0 Å². The number of carbonyl (C=O) groups is 1. The Hall–Kier alpha value is -2.71. The van der Waals surface area contributed by atoms with E-state index < -0.39 is 6.03 Å². The second kappa shape index (κ2) is 11.2. The highest BCUT2D eigenvalue weighted by molar-refractivity contribution is 7.17. The van der Waals surface area contributed by atoms with Gasteiger partial charge in [0.1, 0.15) is 12.0 Å². The molecule has 0 spiro atoms. The molecule has 4 rings (SSSR count). The molecule has 0 atom stereocenters. The van der Waals surface area contributed by atoms with Gasteiger partial charge >= 0.3 is 6.03 Å². The Balaban J connectivity index is 0.000000222. The number of aliphatic imine (C=N–C) groups is 1. The number of thiophene rings is 1. The van der Waals surface area contributed by atoms with Crippen LogP contribution in [0.25, 0.3) is 10.2 Å². The van der Waals surface area contributed by atoms with Crippen molar-refractivity contribution in [2.75, 3.05) is 10.6 Å². The fourth-order valence-electron chi connectivity index (χ4n) is 2.39. The predicted molar refractivity (Wildman–Crippen MR) is 131 cm³/mol. The fraction of sp³-hybridized carbons (Fsp3) is 0. The van der Waals surface area contributed by atoms with Crippen molar-refractivity contribution in [2.45, 2.75) is 0 Å². The average Bonchev–Trinajstić information content (AvgIpc) is 3.24. The van der Waals surface area contributed by atoms with Crippen molar-refractivity contribution in [2.24, 2.45) is 4.99 Å². The van der Waals surface area contributed by atoms with Gasteiger partial charge in [0, 0.05) is 0 Å². The first-order valence-corrected chi connectivity index (χ1v) is 11.0. The van der Waals surface area contributed by atoms with Crippen molar-refractivity contribution in [3.63, 3.8) is 0 Å². The van der Waals surface area contributed by atoms with Gasteiger partial charge in [-0.2, -0.15) is 4.99 Å². The minimum atomic E-state index is -0.474. The zero-order valence-corrected chi connectivity index (χ0v) is 19.6. The number of nitrogens with zero attached hydrogens (tertiary/aromatic N) is 3. The Labute approximate surface area is 206 Å². The monoisotopic (exact) mass is 525 g/mol. The van der Waals surface area contributed by atoms with Crippen molar-refractivity contribution < 1.29 is 9.59 Å². The summed E-state index contributed by atoms with van der Waals surface area (Å²) in [5.74, 6) is 0.440. The zero-order valence-electron chi connectivity index (χ0n) is 15.8. The van der Waals surface area contributed by atoms with Crippen LogP contribution in [-0.4, -0.2) is 22.1 Å². The van der Waals surface area contributed by atoms with Crippen LogP contribution in [-0.2, 0) is 4.79 Å². The van der Waals surface area contributed by atoms with E-state index >= 15 is 0 Å². The molecule has 0 saturated heterocycles. The molecule has 0 fully saturated rings. The van der Waals surface area contributed by atoms with Gasteiger partial charge in [-0.15, -0.1) is 11.3 Å². The van der Waals surface area contributed by atoms with Crippen molar-refractivity contribution in [1.29, 1.82) is 0 Å². The molecule has 32 heavy (non-hydrogen) atoms. The van der Waals surface area contributed by atoms with E-state index in [4.69, 9.17) is 46.4 Å². The maximum absolute atomic E-state index is 12.1. The van der Waals surface area contributed by atoms with Crippen LogP contribution in [0.1, 0.15) is 0 Å². The van der Waals surface area contributed by atoms with Crippen molar-refractivity contribution in [3.05, 3.63) is 74.3 Å². The topological polar surface area (TPSA) is 96.3 Å². The Morgan fingerprint density at radius 3 is 2.16 bits per heavy atom. The number of fused-ring (bicyclic) bond motifs is 1. The lowest BCUT2D eigenvalue weighted by Crippen LogP contribution is -2.20. The molecule has 2 aromatic heterocycles. The van der Waals surface area contributed by atoms with Crippen molar-refractivity contribution in [3.8, 4) is 0 Å². The number of amides is 2. The molecule has 7 nitrogen and oxygen atoms in total. The van der Waals surface area contributed by atoms with Crippen molar-refractivity contribution in [1.82, 2.24) is 9.97 Å². The lowest BCUT2D eigenvalue weighted by atomic mass is 10.3. The number of benzene rings is 2. The maximum Gasteiger partial charge on any atom is 0.324 e. The van der Waals surface area contributed by atoms with Gasteiger partial charge in [-0.05, 0) is 35.7 Å². The number of nitrogens with one attached hydrogen (secondary N) is 2. The number of hydrogen-bond donors (Lipinski definition) is 2. The molecule has 2 aromatic carbocycles. The highest BCUT2D eigenvalue weighted by atomic mass is 35.5. The molecule has 0 radical (unpaired) electrons. The molecular weight excluding hydrogens is 516 g/mol.